The van der Waals surface area contributed by atoms with Crippen LogP contribution in [0.15, 0.2) is 30.3 Å². The molecule has 1 fully saturated rings. The second kappa shape index (κ2) is 14.7. The average molecular weight is 407 g/mol. The van der Waals surface area contributed by atoms with Gasteiger partial charge in [0.25, 0.3) is 0 Å². The van der Waals surface area contributed by atoms with Crippen LogP contribution in [0.1, 0.15) is 44.8 Å². The fraction of sp³-hybridized carbons (Fsp3) is 0.700. The van der Waals surface area contributed by atoms with Crippen LogP contribution in [0.5, 0.6) is 0 Å². The molecule has 4 nitrogen and oxygen atoms in total. The molecule has 6 heteroatoms. The van der Waals surface area contributed by atoms with Crippen LogP contribution in [0, 0.1) is 5.92 Å². The van der Waals surface area contributed by atoms with Crippen LogP contribution < -0.4 is 5.32 Å². The van der Waals surface area contributed by atoms with Crippen molar-refractivity contribution in [3.05, 3.63) is 35.9 Å². The Bertz CT molecular complexity index is 443. The zero-order chi connectivity index (χ0) is 17.2. The van der Waals surface area contributed by atoms with Crippen molar-refractivity contribution in [3.63, 3.8) is 0 Å². The Morgan fingerprint density at radius 3 is 2.35 bits per heavy atom. The highest BCUT2D eigenvalue weighted by atomic mass is 35.5. The summed E-state index contributed by atoms with van der Waals surface area (Å²) in [7, 11) is 0. The van der Waals surface area contributed by atoms with Gasteiger partial charge in [0.05, 0.1) is 19.3 Å². The third-order valence-corrected chi connectivity index (χ3v) is 4.74. The van der Waals surface area contributed by atoms with Crippen LogP contribution >= 0.6 is 24.8 Å². The van der Waals surface area contributed by atoms with Crippen molar-refractivity contribution in [2.45, 2.75) is 45.3 Å². The van der Waals surface area contributed by atoms with Gasteiger partial charge in [-0.15, -0.1) is 24.8 Å². The molecule has 0 bridgehead atoms. The molecule has 1 aromatic carbocycles. The van der Waals surface area contributed by atoms with Crippen molar-refractivity contribution in [1.82, 2.24) is 10.2 Å². The van der Waals surface area contributed by atoms with Crippen molar-refractivity contribution in [2.75, 3.05) is 39.4 Å². The van der Waals surface area contributed by atoms with Gasteiger partial charge in [-0.3, -0.25) is 4.90 Å². The van der Waals surface area contributed by atoms with Crippen molar-refractivity contribution in [2.24, 2.45) is 5.92 Å². The molecule has 2 unspecified atom stereocenters. The summed E-state index contributed by atoms with van der Waals surface area (Å²) < 4.78 is 5.39. The smallest absolute Gasteiger partial charge is 0.0942 e. The second-order valence-electron chi connectivity index (χ2n) is 7.19. The van der Waals surface area contributed by atoms with Gasteiger partial charge in [0.15, 0.2) is 0 Å². The van der Waals surface area contributed by atoms with Gasteiger partial charge in [-0.25, -0.2) is 0 Å². The number of rotatable bonds is 10. The van der Waals surface area contributed by atoms with Crippen molar-refractivity contribution >= 4 is 24.8 Å². The largest absolute Gasteiger partial charge is 0.387 e. The number of benzene rings is 1. The van der Waals surface area contributed by atoms with E-state index in [0.717, 1.165) is 64.2 Å². The Morgan fingerprint density at radius 2 is 1.73 bits per heavy atom. The van der Waals surface area contributed by atoms with Gasteiger partial charge in [-0.05, 0) is 43.8 Å². The third-order valence-electron chi connectivity index (χ3n) is 4.74. The normalized spacial score (nSPS) is 17.2. The highest BCUT2D eigenvalue weighted by Crippen LogP contribution is 2.21. The standard InChI is InChI=1S/C20H34N2O2.2ClH/c1-17(2)9-10-19(20(23)18-7-4-3-5-8-18)21-11-6-12-22-13-15-24-16-14-22;;/h3-5,7-8,17,19-21,23H,6,9-16H2,1-2H3;2*1H. The molecule has 0 radical (unpaired) electrons. The molecule has 0 aliphatic carbocycles. The lowest BCUT2D eigenvalue weighted by atomic mass is 9.95. The van der Waals surface area contributed by atoms with Crippen molar-refractivity contribution in [3.8, 4) is 0 Å². The van der Waals surface area contributed by atoms with Gasteiger partial charge in [0, 0.05) is 19.1 Å². The minimum Gasteiger partial charge on any atom is -0.387 e. The Kier molecular flexibility index (Phi) is 14.5. The van der Waals surface area contributed by atoms with E-state index in [4.69, 9.17) is 4.74 Å². The van der Waals surface area contributed by atoms with Crippen LogP contribution in [-0.4, -0.2) is 55.4 Å². The SMILES string of the molecule is CC(C)CCC(NCCCN1CCOCC1)C(O)c1ccccc1.Cl.Cl. The molecule has 1 heterocycles. The molecule has 2 atom stereocenters. The van der Waals surface area contributed by atoms with E-state index in [-0.39, 0.29) is 30.9 Å². The van der Waals surface area contributed by atoms with Gasteiger partial charge in [-0.2, -0.15) is 0 Å². The Hall–Kier alpha value is -0.360. The zero-order valence-corrected chi connectivity index (χ0v) is 17.7. The molecule has 26 heavy (non-hydrogen) atoms. The number of aliphatic hydroxyl groups excluding tert-OH is 1. The summed E-state index contributed by atoms with van der Waals surface area (Å²) in [6, 6.07) is 10.1. The number of nitrogens with zero attached hydrogens (tertiary/aromatic N) is 1. The van der Waals surface area contributed by atoms with Crippen molar-refractivity contribution < 1.29 is 9.84 Å². The van der Waals surface area contributed by atoms with Crippen LogP contribution in [0.4, 0.5) is 0 Å². The lowest BCUT2D eigenvalue weighted by molar-refractivity contribution is 0.0370. The van der Waals surface area contributed by atoms with E-state index in [1.165, 1.54) is 0 Å². The first kappa shape index (κ1) is 25.6. The minimum atomic E-state index is -0.437. The molecular weight excluding hydrogens is 371 g/mol. The van der Waals surface area contributed by atoms with E-state index < -0.39 is 6.10 Å². The number of morpholine rings is 1. The molecule has 0 amide bonds. The predicted molar refractivity (Wildman–Crippen MR) is 114 cm³/mol. The lowest BCUT2D eigenvalue weighted by Crippen LogP contribution is -2.40. The van der Waals surface area contributed by atoms with Gasteiger partial charge in [-0.1, -0.05) is 44.2 Å². The minimum absolute atomic E-state index is 0. The summed E-state index contributed by atoms with van der Waals surface area (Å²) in [4.78, 5) is 2.46. The maximum Gasteiger partial charge on any atom is 0.0942 e. The van der Waals surface area contributed by atoms with Gasteiger partial charge < -0.3 is 15.2 Å². The highest BCUT2D eigenvalue weighted by Gasteiger charge is 2.20. The fourth-order valence-electron chi connectivity index (χ4n) is 3.18. The van der Waals surface area contributed by atoms with E-state index in [1.807, 2.05) is 30.3 Å². The van der Waals surface area contributed by atoms with Crippen LogP contribution in [0.2, 0.25) is 0 Å². The maximum absolute atomic E-state index is 10.8. The van der Waals surface area contributed by atoms with E-state index in [1.54, 1.807) is 0 Å². The van der Waals surface area contributed by atoms with Crippen LogP contribution in [-0.2, 0) is 4.74 Å². The number of nitrogens with one attached hydrogen (secondary N) is 1. The maximum atomic E-state index is 10.8. The Labute approximate surface area is 171 Å². The second-order valence-corrected chi connectivity index (χ2v) is 7.19. The molecule has 0 spiro atoms. The Balaban J connectivity index is 0.00000312. The monoisotopic (exact) mass is 406 g/mol. The summed E-state index contributed by atoms with van der Waals surface area (Å²) in [6.45, 7) is 10.3. The van der Waals surface area contributed by atoms with Crippen LogP contribution in [0.3, 0.4) is 0 Å². The van der Waals surface area contributed by atoms with E-state index in [9.17, 15) is 5.11 Å². The van der Waals surface area contributed by atoms with Gasteiger partial charge in [0.2, 0.25) is 0 Å². The number of hydrogen-bond acceptors (Lipinski definition) is 4. The first-order chi connectivity index (χ1) is 11.7. The predicted octanol–water partition coefficient (Wildman–Crippen LogP) is 3.68. The number of aliphatic hydroxyl groups is 1. The molecule has 1 aliphatic heterocycles. The summed E-state index contributed by atoms with van der Waals surface area (Å²) in [5.41, 5.74) is 1.01. The first-order valence-electron chi connectivity index (χ1n) is 9.43. The molecule has 1 saturated heterocycles. The quantitative estimate of drug-likeness (QED) is 0.581. The molecule has 0 saturated carbocycles. The van der Waals surface area contributed by atoms with Gasteiger partial charge in [0.1, 0.15) is 0 Å². The van der Waals surface area contributed by atoms with E-state index in [2.05, 4.69) is 24.1 Å². The average Bonchev–Trinajstić information content (AvgIpc) is 2.62. The van der Waals surface area contributed by atoms with E-state index in [0.29, 0.717) is 5.92 Å². The molecule has 2 N–H and O–H groups in total. The topological polar surface area (TPSA) is 44.7 Å². The molecule has 0 aromatic heterocycles. The summed E-state index contributed by atoms with van der Waals surface area (Å²) in [5.74, 6) is 0.658. The summed E-state index contributed by atoms with van der Waals surface area (Å²) >= 11 is 0. The van der Waals surface area contributed by atoms with Crippen molar-refractivity contribution in [1.29, 1.82) is 0 Å². The Morgan fingerprint density at radius 1 is 1.08 bits per heavy atom. The zero-order valence-electron chi connectivity index (χ0n) is 16.1. The number of halogens is 2. The number of hydrogen-bond donors (Lipinski definition) is 2. The fourth-order valence-corrected chi connectivity index (χ4v) is 3.18. The molecule has 2 rings (SSSR count). The molecule has 1 aromatic rings. The first-order valence-corrected chi connectivity index (χ1v) is 9.43. The lowest BCUT2D eigenvalue weighted by Gasteiger charge is -2.28. The third kappa shape index (κ3) is 9.54. The van der Waals surface area contributed by atoms with E-state index >= 15 is 0 Å². The molecule has 1 aliphatic rings. The van der Waals surface area contributed by atoms with Crippen LogP contribution in [0.25, 0.3) is 0 Å². The molecular formula is C20H36Cl2N2O2. The summed E-state index contributed by atoms with van der Waals surface area (Å²) in [5, 5.41) is 14.4. The molecule has 152 valence electrons. The number of ether oxygens (including phenoxy) is 1. The van der Waals surface area contributed by atoms with Gasteiger partial charge >= 0.3 is 0 Å². The highest BCUT2D eigenvalue weighted by molar-refractivity contribution is 5.85. The summed E-state index contributed by atoms with van der Waals surface area (Å²) in [6.07, 6.45) is 2.81.